The van der Waals surface area contributed by atoms with Crippen molar-refractivity contribution in [2.45, 2.75) is 6.42 Å². The van der Waals surface area contributed by atoms with Gasteiger partial charge in [0.2, 0.25) is 0 Å². The quantitative estimate of drug-likeness (QED) is 0.358. The Bertz CT molecular complexity index is 61.7. The second kappa shape index (κ2) is 1.20. The third-order valence-corrected chi connectivity index (χ3v) is 0.655. The van der Waals surface area contributed by atoms with Crippen LogP contribution in [0.25, 0.3) is 0 Å². The van der Waals surface area contributed by atoms with Crippen LogP contribution in [-0.4, -0.2) is 12.9 Å². The van der Waals surface area contributed by atoms with E-state index < -0.39 is 0 Å². The molecule has 0 aromatic heterocycles. The van der Waals surface area contributed by atoms with Crippen LogP contribution in [0.15, 0.2) is 12.1 Å². The molecule has 0 bridgehead atoms. The SMILES string of the molecule is B1=CCC=C1. The van der Waals surface area contributed by atoms with Gasteiger partial charge in [0.15, 0.2) is 0 Å². The minimum absolute atomic E-state index is 1.14. The van der Waals surface area contributed by atoms with Gasteiger partial charge in [-0.25, -0.2) is 0 Å². The Hall–Kier alpha value is -0.325. The summed E-state index contributed by atoms with van der Waals surface area (Å²) >= 11 is 0. The van der Waals surface area contributed by atoms with E-state index in [1.165, 1.54) is 0 Å². The van der Waals surface area contributed by atoms with Crippen LogP contribution in [-0.2, 0) is 0 Å². The van der Waals surface area contributed by atoms with Gasteiger partial charge < -0.3 is 0 Å². The molecule has 0 nitrogen and oxygen atoms in total. The summed E-state index contributed by atoms with van der Waals surface area (Å²) in [6, 6.07) is 0. The zero-order chi connectivity index (χ0) is 3.54. The van der Waals surface area contributed by atoms with Crippen molar-refractivity contribution in [3.63, 3.8) is 0 Å². The normalized spacial score (nSPS) is 16.0. The average molecular weight is 63.9 g/mol. The van der Waals surface area contributed by atoms with E-state index in [1.54, 1.807) is 0 Å². The molecule has 0 aromatic rings. The molecule has 1 heteroatoms. The Labute approximate surface area is 32.4 Å². The Balaban J connectivity index is 2.61. The van der Waals surface area contributed by atoms with Crippen LogP contribution in [0.1, 0.15) is 6.42 Å². The summed E-state index contributed by atoms with van der Waals surface area (Å²) < 4.78 is 0. The van der Waals surface area contributed by atoms with Crippen LogP contribution >= 0.6 is 0 Å². The molecule has 24 valence electrons. The summed E-state index contributed by atoms with van der Waals surface area (Å²) in [6.07, 6.45) is 3.26. The van der Waals surface area contributed by atoms with Gasteiger partial charge in [0.1, 0.15) is 0 Å². The molecule has 0 aliphatic carbocycles. The van der Waals surface area contributed by atoms with Crippen molar-refractivity contribution in [3.05, 3.63) is 12.1 Å². The zero-order valence-corrected chi connectivity index (χ0v) is 3.02. The summed E-state index contributed by atoms with van der Waals surface area (Å²) in [7, 11) is 0. The van der Waals surface area contributed by atoms with Crippen molar-refractivity contribution < 1.29 is 0 Å². The molecule has 0 aromatic carbocycles. The molecule has 0 saturated heterocycles. The maximum absolute atomic E-state index is 2.12. The summed E-state index contributed by atoms with van der Waals surface area (Å²) in [6.45, 7) is 2.06. The summed E-state index contributed by atoms with van der Waals surface area (Å²) in [4.78, 5) is 0. The van der Waals surface area contributed by atoms with Crippen LogP contribution in [0.4, 0.5) is 0 Å². The standard InChI is InChI=1S/C4H5B/c1-2-4-5-3-1/h1,3-4H,2H2. The first kappa shape index (κ1) is 2.89. The van der Waals surface area contributed by atoms with E-state index in [-0.39, 0.29) is 0 Å². The number of rotatable bonds is 0. The second-order valence-corrected chi connectivity index (χ2v) is 1.09. The second-order valence-electron chi connectivity index (χ2n) is 1.09. The number of allylic oxidation sites excluding steroid dienone is 1. The zero-order valence-electron chi connectivity index (χ0n) is 3.02. The van der Waals surface area contributed by atoms with E-state index >= 15 is 0 Å². The first-order chi connectivity index (χ1) is 2.50. The van der Waals surface area contributed by atoms with Gasteiger partial charge in [-0.3, -0.25) is 0 Å². The predicted octanol–water partition coefficient (Wildman–Crippen LogP) is 0.410. The topological polar surface area (TPSA) is 0 Å². The van der Waals surface area contributed by atoms with Gasteiger partial charge in [-0.05, 0) is 0 Å². The molecule has 0 unspecified atom stereocenters. The Morgan fingerprint density at radius 3 is 2.80 bits per heavy atom. The van der Waals surface area contributed by atoms with Gasteiger partial charge in [0, 0.05) is 0 Å². The molecule has 1 rings (SSSR count). The molecule has 0 N–H and O–H groups in total. The van der Waals surface area contributed by atoms with Crippen LogP contribution in [0, 0.1) is 0 Å². The monoisotopic (exact) mass is 64.0 g/mol. The van der Waals surface area contributed by atoms with Crippen molar-refractivity contribution in [2.75, 3.05) is 0 Å². The molecule has 0 saturated carbocycles. The Morgan fingerprint density at radius 2 is 2.60 bits per heavy atom. The first-order valence-corrected chi connectivity index (χ1v) is 1.82. The molecule has 0 radical (unpaired) electrons. The third-order valence-electron chi connectivity index (χ3n) is 0.655. The number of hydrogen-bond donors (Lipinski definition) is 0. The Kier molecular flexibility index (Phi) is 0.695. The van der Waals surface area contributed by atoms with Gasteiger partial charge in [-0.2, -0.15) is 0 Å². The third kappa shape index (κ3) is 0.472. The van der Waals surface area contributed by atoms with Gasteiger partial charge >= 0.3 is 31.4 Å². The molecule has 0 amide bonds. The van der Waals surface area contributed by atoms with E-state index in [4.69, 9.17) is 0 Å². The van der Waals surface area contributed by atoms with E-state index in [0.717, 1.165) is 6.42 Å². The molecule has 1 heterocycles. The van der Waals surface area contributed by atoms with Crippen molar-refractivity contribution >= 4 is 12.9 Å². The molecule has 0 spiro atoms. The van der Waals surface area contributed by atoms with E-state index in [0.29, 0.717) is 0 Å². The van der Waals surface area contributed by atoms with Gasteiger partial charge in [0.05, 0.1) is 0 Å². The van der Waals surface area contributed by atoms with Gasteiger partial charge in [-0.1, -0.05) is 0 Å². The van der Waals surface area contributed by atoms with Gasteiger partial charge in [-0.15, -0.1) is 0 Å². The first-order valence-electron chi connectivity index (χ1n) is 1.82. The Morgan fingerprint density at radius 1 is 1.60 bits per heavy atom. The average Bonchev–Trinajstić information content (AvgIpc) is 1.76. The fraction of sp³-hybridized carbons (Fsp3) is 0.250. The van der Waals surface area contributed by atoms with Crippen LogP contribution in [0.3, 0.4) is 0 Å². The predicted molar refractivity (Wildman–Crippen MR) is 25.6 cm³/mol. The molecule has 0 fully saturated rings. The van der Waals surface area contributed by atoms with E-state index in [9.17, 15) is 0 Å². The minimum atomic E-state index is 1.14. The van der Waals surface area contributed by atoms with Crippen molar-refractivity contribution in [2.24, 2.45) is 0 Å². The van der Waals surface area contributed by atoms with Gasteiger partial charge in [0.25, 0.3) is 0 Å². The van der Waals surface area contributed by atoms with Crippen LogP contribution in [0.2, 0.25) is 0 Å². The maximum atomic E-state index is 2.12. The number of hydrogen-bond acceptors (Lipinski definition) is 0. The summed E-state index contributed by atoms with van der Waals surface area (Å²) in [5, 5.41) is 0. The van der Waals surface area contributed by atoms with Crippen molar-refractivity contribution in [3.8, 4) is 0 Å². The van der Waals surface area contributed by atoms with E-state index in [1.807, 2.05) is 0 Å². The molecule has 0 atom stereocenters. The molecule has 1 aliphatic rings. The van der Waals surface area contributed by atoms with Crippen LogP contribution < -0.4 is 0 Å². The summed E-state index contributed by atoms with van der Waals surface area (Å²) in [5.41, 5.74) is 0. The molecular formula is C4H5B. The van der Waals surface area contributed by atoms with Crippen molar-refractivity contribution in [1.29, 1.82) is 0 Å². The molecular weight excluding hydrogens is 58.9 g/mol. The van der Waals surface area contributed by atoms with Crippen LogP contribution in [0.5, 0.6) is 0 Å². The molecule has 1 aliphatic heterocycles. The molecule has 5 heavy (non-hydrogen) atoms. The van der Waals surface area contributed by atoms with Crippen molar-refractivity contribution in [1.82, 2.24) is 0 Å². The van der Waals surface area contributed by atoms with E-state index in [2.05, 4.69) is 24.9 Å². The fourth-order valence-electron chi connectivity index (χ4n) is 0.393. The summed E-state index contributed by atoms with van der Waals surface area (Å²) in [5.74, 6) is 4.18. The fourth-order valence-corrected chi connectivity index (χ4v) is 0.393.